The molecule has 1 N–H and O–H groups in total. The zero-order chi connectivity index (χ0) is 26.8. The number of fused-ring (bicyclic) bond motifs is 1. The van der Waals surface area contributed by atoms with E-state index >= 15 is 0 Å². The number of esters is 1. The molecule has 0 aliphatic carbocycles. The Morgan fingerprint density at radius 1 is 1.14 bits per heavy atom. The highest BCUT2D eigenvalue weighted by Gasteiger charge is 2.26. The van der Waals surface area contributed by atoms with Gasteiger partial charge in [0, 0.05) is 38.9 Å². The van der Waals surface area contributed by atoms with Crippen molar-refractivity contribution in [2.75, 3.05) is 39.6 Å². The van der Waals surface area contributed by atoms with Gasteiger partial charge in [0.15, 0.2) is 6.61 Å². The average Bonchev–Trinajstić information content (AvgIpc) is 2.84. The van der Waals surface area contributed by atoms with Gasteiger partial charge in [-0.05, 0) is 62.7 Å². The molecule has 2 heterocycles. The van der Waals surface area contributed by atoms with Crippen LogP contribution < -0.4 is 4.52 Å². The maximum atomic E-state index is 13.0. The molecule has 1 aromatic rings. The number of piperidine rings is 1. The number of phenolic OH excluding ortho intramolecular Hbond substituents is 1. The van der Waals surface area contributed by atoms with Crippen molar-refractivity contribution in [3.8, 4) is 11.5 Å². The molecule has 0 radical (unpaired) electrons. The molecule has 0 spiro atoms. The number of cyclic esters (lactones) is 1. The molecule has 3 rings (SSSR count). The van der Waals surface area contributed by atoms with Crippen LogP contribution in [-0.2, 0) is 25.4 Å². The third-order valence-corrected chi connectivity index (χ3v) is 6.74. The van der Waals surface area contributed by atoms with Crippen LogP contribution in [0.3, 0.4) is 0 Å². The van der Waals surface area contributed by atoms with E-state index in [-0.39, 0.29) is 42.6 Å². The van der Waals surface area contributed by atoms with Crippen LogP contribution in [0, 0.1) is 6.92 Å². The number of hydrogen-bond donors (Lipinski definition) is 1. The Balaban J connectivity index is 1.95. The Hall–Kier alpha value is -3.06. The topological polar surface area (TPSA) is 115 Å². The van der Waals surface area contributed by atoms with Crippen molar-refractivity contribution in [1.82, 2.24) is 4.90 Å². The van der Waals surface area contributed by atoms with E-state index < -0.39 is 13.3 Å². The second-order valence-electron chi connectivity index (χ2n) is 9.57. The second-order valence-corrected chi connectivity index (χ2v) is 12.3. The van der Waals surface area contributed by atoms with Crippen LogP contribution >= 0.6 is 7.37 Å². The van der Waals surface area contributed by atoms with E-state index in [1.165, 1.54) is 19.4 Å². The zero-order valence-corrected chi connectivity index (χ0v) is 22.8. The van der Waals surface area contributed by atoms with Gasteiger partial charge in [0.1, 0.15) is 17.1 Å². The fourth-order valence-electron chi connectivity index (χ4n) is 4.22. The van der Waals surface area contributed by atoms with Crippen molar-refractivity contribution < 1.29 is 33.4 Å². The summed E-state index contributed by atoms with van der Waals surface area (Å²) >= 11 is 0. The number of amides is 1. The highest BCUT2D eigenvalue weighted by atomic mass is 31.2. The average molecular weight is 533 g/mol. The molecule has 2 aliphatic heterocycles. The third kappa shape index (κ3) is 8.78. The Kier molecular flexibility index (Phi) is 10.4. The van der Waals surface area contributed by atoms with E-state index in [0.29, 0.717) is 23.3 Å². The summed E-state index contributed by atoms with van der Waals surface area (Å²) in [6.07, 6.45) is 13.0. The van der Waals surface area contributed by atoms with Crippen LogP contribution in [0.2, 0.25) is 0 Å². The first kappa shape index (κ1) is 28.5. The van der Waals surface area contributed by atoms with Crippen LogP contribution in [0.5, 0.6) is 11.5 Å². The number of phenols is 1. The molecule has 2 aliphatic rings. The van der Waals surface area contributed by atoms with Crippen LogP contribution in [0.15, 0.2) is 35.5 Å². The monoisotopic (exact) mass is 532 g/mol. The van der Waals surface area contributed by atoms with Gasteiger partial charge in [-0.15, -0.1) is 0 Å². The summed E-state index contributed by atoms with van der Waals surface area (Å²) in [7, 11) is -2.95. The van der Waals surface area contributed by atoms with Crippen molar-refractivity contribution in [3.63, 3.8) is 0 Å². The number of oxime groups is 1. The molecule has 0 unspecified atom stereocenters. The highest BCUT2D eigenvalue weighted by molar-refractivity contribution is 7.57. The lowest BCUT2D eigenvalue weighted by atomic mass is 9.94. The quantitative estimate of drug-likeness (QED) is 0.246. The molecule has 9 nitrogen and oxygen atoms in total. The summed E-state index contributed by atoms with van der Waals surface area (Å²) in [5.74, 6) is -0.908. The number of allylic oxidation sites excluding steroid dienone is 3. The number of rotatable bonds is 5. The summed E-state index contributed by atoms with van der Waals surface area (Å²) in [5, 5.41) is 15.0. The normalized spacial score (nSPS) is 20.4. The Morgan fingerprint density at radius 2 is 1.84 bits per heavy atom. The number of carbonyl (C=O) groups is 2. The van der Waals surface area contributed by atoms with Crippen molar-refractivity contribution in [2.45, 2.75) is 51.9 Å². The van der Waals surface area contributed by atoms with Crippen molar-refractivity contribution in [1.29, 1.82) is 0 Å². The van der Waals surface area contributed by atoms with Gasteiger partial charge in [0.05, 0.1) is 12.3 Å². The minimum absolute atomic E-state index is 0.00146. The predicted octanol–water partition coefficient (Wildman–Crippen LogP) is 5.00. The van der Waals surface area contributed by atoms with E-state index in [9.17, 15) is 19.3 Å². The van der Waals surface area contributed by atoms with Gasteiger partial charge in [0.2, 0.25) is 7.37 Å². The van der Waals surface area contributed by atoms with Gasteiger partial charge < -0.3 is 24.1 Å². The predicted molar refractivity (Wildman–Crippen MR) is 143 cm³/mol. The molecule has 10 heteroatoms. The number of hydrogen-bond acceptors (Lipinski definition) is 8. The van der Waals surface area contributed by atoms with Crippen LogP contribution in [-0.4, -0.2) is 67.2 Å². The smallest absolute Gasteiger partial charge is 0.342 e. The molecule has 1 saturated heterocycles. The van der Waals surface area contributed by atoms with Crippen molar-refractivity contribution in [2.24, 2.45) is 5.16 Å². The lowest BCUT2D eigenvalue weighted by molar-refractivity contribution is -0.137. The lowest BCUT2D eigenvalue weighted by Crippen LogP contribution is -2.37. The fraction of sp³-hybridized carbons (Fsp3) is 0.519. The SMILES string of the molecule is Cc1c(OP(C)(C)=O)cc(O)c2c1CC(=NOCC(=O)N1CCCCC1)/C=C/CC/C=C/CCOC2=O. The van der Waals surface area contributed by atoms with Crippen molar-refractivity contribution in [3.05, 3.63) is 47.1 Å². The van der Waals surface area contributed by atoms with Gasteiger partial charge in [-0.25, -0.2) is 4.79 Å². The Morgan fingerprint density at radius 3 is 2.57 bits per heavy atom. The van der Waals surface area contributed by atoms with E-state index in [0.717, 1.165) is 45.2 Å². The molecule has 0 aromatic heterocycles. The van der Waals surface area contributed by atoms with E-state index in [1.54, 1.807) is 17.9 Å². The molecule has 0 atom stereocenters. The summed E-state index contributed by atoms with van der Waals surface area (Å²) < 4.78 is 23.4. The first-order valence-electron chi connectivity index (χ1n) is 12.7. The summed E-state index contributed by atoms with van der Waals surface area (Å²) in [6, 6.07) is 1.29. The van der Waals surface area contributed by atoms with Crippen LogP contribution in [0.4, 0.5) is 0 Å². The van der Waals surface area contributed by atoms with Gasteiger partial charge >= 0.3 is 5.97 Å². The fourth-order valence-corrected chi connectivity index (χ4v) is 4.89. The maximum absolute atomic E-state index is 13.0. The molecular formula is C27H37N2O7P. The van der Waals surface area contributed by atoms with Crippen LogP contribution in [0.25, 0.3) is 0 Å². The molecule has 202 valence electrons. The van der Waals surface area contributed by atoms with Gasteiger partial charge in [-0.3, -0.25) is 9.36 Å². The molecule has 1 amide bonds. The molecule has 1 fully saturated rings. The largest absolute Gasteiger partial charge is 0.507 e. The number of nitrogens with zero attached hydrogens (tertiary/aromatic N) is 2. The minimum Gasteiger partial charge on any atom is -0.507 e. The maximum Gasteiger partial charge on any atom is 0.342 e. The third-order valence-electron chi connectivity index (χ3n) is 6.10. The first-order chi connectivity index (χ1) is 17.7. The van der Waals surface area contributed by atoms with Gasteiger partial charge in [-0.2, -0.15) is 0 Å². The van der Waals surface area contributed by atoms with Gasteiger partial charge in [-0.1, -0.05) is 23.4 Å². The Labute approximate surface area is 218 Å². The summed E-state index contributed by atoms with van der Waals surface area (Å²) in [5.41, 5.74) is 1.41. The summed E-state index contributed by atoms with van der Waals surface area (Å²) in [4.78, 5) is 32.7. The molecule has 0 saturated carbocycles. The highest BCUT2D eigenvalue weighted by Crippen LogP contribution is 2.43. The van der Waals surface area contributed by atoms with Gasteiger partial charge in [0.25, 0.3) is 5.91 Å². The van der Waals surface area contributed by atoms with E-state index in [2.05, 4.69) is 5.16 Å². The minimum atomic E-state index is -2.95. The lowest BCUT2D eigenvalue weighted by Gasteiger charge is -2.26. The number of aromatic hydroxyl groups is 1. The molecule has 37 heavy (non-hydrogen) atoms. The standard InChI is InChI=1S/C27H37N2O7P/c1-20-22-17-21(28-35-19-25(31)29-14-10-8-11-15-29)13-9-6-4-5-7-12-16-34-27(32)26(22)23(30)18-24(20)36-37(2,3)33/h5,7,9,13,18,30H,4,6,8,10-12,14-17,19H2,1-3H3/b7-5+,13-9+,28-21?. The first-order valence-corrected chi connectivity index (χ1v) is 15.2. The molecule has 1 aromatic carbocycles. The van der Waals surface area contributed by atoms with E-state index in [1.807, 2.05) is 18.2 Å². The summed E-state index contributed by atoms with van der Waals surface area (Å²) in [6.45, 7) is 6.11. The number of benzene rings is 1. The number of likely N-dealkylation sites (tertiary alicyclic amines) is 1. The molecular weight excluding hydrogens is 495 g/mol. The zero-order valence-electron chi connectivity index (χ0n) is 21.9. The number of carbonyl (C=O) groups excluding carboxylic acids is 2. The Bertz CT molecular complexity index is 1110. The number of ether oxygens (including phenoxy) is 1. The molecule has 0 bridgehead atoms. The van der Waals surface area contributed by atoms with Crippen molar-refractivity contribution >= 4 is 25.0 Å². The van der Waals surface area contributed by atoms with E-state index in [4.69, 9.17) is 14.1 Å². The van der Waals surface area contributed by atoms with Crippen LogP contribution in [0.1, 0.15) is 60.0 Å². The second kappa shape index (κ2) is 13.5.